The van der Waals surface area contributed by atoms with Gasteiger partial charge in [-0.05, 0) is 49.4 Å². The summed E-state index contributed by atoms with van der Waals surface area (Å²) in [5, 5.41) is 9.98. The molecular weight excluding hydrogens is 460 g/mol. The fourth-order valence-electron chi connectivity index (χ4n) is 5.31. The average molecular weight is 486 g/mol. The van der Waals surface area contributed by atoms with Crippen molar-refractivity contribution in [2.24, 2.45) is 0 Å². The lowest BCUT2D eigenvalue weighted by molar-refractivity contribution is 0.243. The van der Waals surface area contributed by atoms with Crippen LogP contribution in [-0.4, -0.2) is 45.9 Å². The fraction of sp³-hybridized carbons (Fsp3) is 0.440. The van der Waals surface area contributed by atoms with Crippen LogP contribution in [0.3, 0.4) is 0 Å². The Morgan fingerprint density at radius 3 is 2.47 bits per heavy atom. The van der Waals surface area contributed by atoms with Crippen LogP contribution >= 0.6 is 11.6 Å². The SMILES string of the molecule is COc1cc(N2CCC(c3nnc4n3-c3ccc(Cl)cc3CN(C3CC3)C4)CC2)c(F)cc1F. The zero-order chi connectivity index (χ0) is 23.4. The van der Waals surface area contributed by atoms with Gasteiger partial charge in [-0.1, -0.05) is 11.6 Å². The van der Waals surface area contributed by atoms with Crippen LogP contribution in [-0.2, 0) is 13.1 Å². The molecule has 1 saturated heterocycles. The Balaban J connectivity index is 1.29. The maximum absolute atomic E-state index is 14.5. The van der Waals surface area contributed by atoms with E-state index in [2.05, 4.69) is 31.8 Å². The van der Waals surface area contributed by atoms with Gasteiger partial charge in [-0.15, -0.1) is 10.2 Å². The number of ether oxygens (including phenoxy) is 1. The van der Waals surface area contributed by atoms with Crippen LogP contribution in [0.5, 0.6) is 5.75 Å². The number of fused-ring (bicyclic) bond motifs is 3. The van der Waals surface area contributed by atoms with Gasteiger partial charge in [0.1, 0.15) is 11.6 Å². The molecule has 0 spiro atoms. The van der Waals surface area contributed by atoms with Gasteiger partial charge in [0.05, 0.1) is 25.0 Å². The molecule has 3 heterocycles. The second-order valence-electron chi connectivity index (χ2n) is 9.42. The second kappa shape index (κ2) is 8.50. The van der Waals surface area contributed by atoms with E-state index in [1.807, 2.05) is 11.0 Å². The van der Waals surface area contributed by atoms with E-state index in [1.54, 1.807) is 0 Å². The molecule has 2 aromatic carbocycles. The highest BCUT2D eigenvalue weighted by Gasteiger charge is 2.35. The van der Waals surface area contributed by atoms with Crippen LogP contribution in [0.15, 0.2) is 30.3 Å². The number of aromatic nitrogens is 3. The normalized spacial score (nSPS) is 19.0. The summed E-state index contributed by atoms with van der Waals surface area (Å²) in [5.41, 5.74) is 2.66. The monoisotopic (exact) mass is 485 g/mol. The minimum absolute atomic E-state index is 0.0526. The van der Waals surface area contributed by atoms with E-state index in [0.29, 0.717) is 24.8 Å². The fourth-order valence-corrected chi connectivity index (χ4v) is 5.50. The van der Waals surface area contributed by atoms with E-state index in [9.17, 15) is 8.78 Å². The van der Waals surface area contributed by atoms with Crippen molar-refractivity contribution in [2.45, 2.75) is 50.7 Å². The van der Waals surface area contributed by atoms with Gasteiger partial charge in [0.15, 0.2) is 17.4 Å². The van der Waals surface area contributed by atoms with Crippen LogP contribution in [0.4, 0.5) is 14.5 Å². The highest BCUT2D eigenvalue weighted by molar-refractivity contribution is 6.30. The Morgan fingerprint density at radius 2 is 1.74 bits per heavy atom. The number of anilines is 1. The van der Waals surface area contributed by atoms with Crippen molar-refractivity contribution in [1.29, 1.82) is 0 Å². The molecule has 0 radical (unpaired) electrons. The summed E-state index contributed by atoms with van der Waals surface area (Å²) >= 11 is 6.35. The van der Waals surface area contributed by atoms with Crippen molar-refractivity contribution in [2.75, 3.05) is 25.1 Å². The second-order valence-corrected chi connectivity index (χ2v) is 9.85. The number of hydrogen-bond donors (Lipinski definition) is 0. The van der Waals surface area contributed by atoms with Gasteiger partial charge in [-0.25, -0.2) is 8.78 Å². The first kappa shape index (κ1) is 21.8. The van der Waals surface area contributed by atoms with Crippen LogP contribution in [0.1, 0.15) is 48.8 Å². The Morgan fingerprint density at radius 1 is 0.941 bits per heavy atom. The Bertz CT molecular complexity index is 1240. The van der Waals surface area contributed by atoms with E-state index in [1.165, 1.54) is 31.6 Å². The molecule has 2 fully saturated rings. The summed E-state index contributed by atoms with van der Waals surface area (Å²) in [6.45, 7) is 2.90. The Labute approximate surface area is 202 Å². The number of rotatable bonds is 4. The quantitative estimate of drug-likeness (QED) is 0.516. The molecule has 0 N–H and O–H groups in total. The standard InChI is InChI=1S/C25H26ClF2N5O/c1-34-23-12-22(19(27)11-20(23)28)31-8-6-15(7-9-31)25-30-29-24-14-32(18-3-4-18)13-16-10-17(26)2-5-21(16)33(24)25/h2,5,10-12,15,18H,3-4,6-9,13-14H2,1H3. The first-order valence-corrected chi connectivity index (χ1v) is 12.1. The summed E-state index contributed by atoms with van der Waals surface area (Å²) < 4.78 is 35.6. The molecule has 1 aromatic heterocycles. The van der Waals surface area contributed by atoms with Crippen LogP contribution in [0.2, 0.25) is 5.02 Å². The molecule has 1 saturated carbocycles. The summed E-state index contributed by atoms with van der Waals surface area (Å²) in [5.74, 6) is 0.895. The van der Waals surface area contributed by atoms with Gasteiger partial charge in [0.25, 0.3) is 0 Å². The van der Waals surface area contributed by atoms with Crippen molar-refractivity contribution in [3.63, 3.8) is 0 Å². The van der Waals surface area contributed by atoms with Crippen LogP contribution < -0.4 is 9.64 Å². The lowest BCUT2D eigenvalue weighted by atomic mass is 9.95. The minimum atomic E-state index is -0.691. The molecule has 0 unspecified atom stereocenters. The van der Waals surface area contributed by atoms with Gasteiger partial charge in [0.2, 0.25) is 0 Å². The van der Waals surface area contributed by atoms with Crippen molar-refractivity contribution >= 4 is 17.3 Å². The number of piperidine rings is 1. The molecule has 3 aliphatic rings. The third-order valence-corrected chi connectivity index (χ3v) is 7.48. The predicted octanol–water partition coefficient (Wildman–Crippen LogP) is 5.07. The van der Waals surface area contributed by atoms with E-state index < -0.39 is 11.6 Å². The highest BCUT2D eigenvalue weighted by atomic mass is 35.5. The van der Waals surface area contributed by atoms with Gasteiger partial charge < -0.3 is 9.64 Å². The molecule has 6 nitrogen and oxygen atoms in total. The first-order chi connectivity index (χ1) is 16.5. The molecule has 0 bridgehead atoms. The largest absolute Gasteiger partial charge is 0.494 e. The molecule has 0 atom stereocenters. The molecule has 2 aliphatic heterocycles. The van der Waals surface area contributed by atoms with Gasteiger partial charge in [-0.3, -0.25) is 9.47 Å². The van der Waals surface area contributed by atoms with Gasteiger partial charge >= 0.3 is 0 Å². The van der Waals surface area contributed by atoms with E-state index in [-0.39, 0.29) is 11.7 Å². The molecule has 34 heavy (non-hydrogen) atoms. The molecule has 0 amide bonds. The van der Waals surface area contributed by atoms with Crippen LogP contribution in [0.25, 0.3) is 5.69 Å². The van der Waals surface area contributed by atoms with Crippen molar-refractivity contribution < 1.29 is 13.5 Å². The first-order valence-electron chi connectivity index (χ1n) is 11.8. The van der Waals surface area contributed by atoms with Crippen molar-refractivity contribution in [1.82, 2.24) is 19.7 Å². The highest BCUT2D eigenvalue weighted by Crippen LogP contribution is 2.38. The topological polar surface area (TPSA) is 46.4 Å². The van der Waals surface area contributed by atoms with E-state index >= 15 is 0 Å². The Kier molecular flexibility index (Phi) is 5.45. The number of methoxy groups -OCH3 is 1. The molecule has 6 rings (SSSR count). The van der Waals surface area contributed by atoms with Crippen LogP contribution in [0, 0.1) is 11.6 Å². The smallest absolute Gasteiger partial charge is 0.168 e. The molecule has 9 heteroatoms. The average Bonchev–Trinajstić information content (AvgIpc) is 3.62. The molecular formula is C25H26ClF2N5O. The maximum Gasteiger partial charge on any atom is 0.168 e. The minimum Gasteiger partial charge on any atom is -0.494 e. The Hall–Kier alpha value is -2.71. The van der Waals surface area contributed by atoms with Gasteiger partial charge in [-0.2, -0.15) is 0 Å². The lowest BCUT2D eigenvalue weighted by Crippen LogP contribution is -2.34. The number of hydrogen-bond acceptors (Lipinski definition) is 5. The lowest BCUT2D eigenvalue weighted by Gasteiger charge is -2.33. The zero-order valence-electron chi connectivity index (χ0n) is 19.0. The molecule has 1 aliphatic carbocycles. The number of halogens is 3. The van der Waals surface area contributed by atoms with Crippen molar-refractivity contribution in [3.8, 4) is 11.4 Å². The molecule has 178 valence electrons. The van der Waals surface area contributed by atoms with E-state index in [0.717, 1.165) is 54.4 Å². The van der Waals surface area contributed by atoms with E-state index in [4.69, 9.17) is 16.3 Å². The summed E-state index contributed by atoms with van der Waals surface area (Å²) in [7, 11) is 1.39. The number of nitrogens with zero attached hydrogens (tertiary/aromatic N) is 5. The third-order valence-electron chi connectivity index (χ3n) is 7.24. The van der Waals surface area contributed by atoms with Crippen molar-refractivity contribution in [3.05, 3.63) is 64.2 Å². The summed E-state index contributed by atoms with van der Waals surface area (Å²) in [6, 6.07) is 8.99. The van der Waals surface area contributed by atoms with Gasteiger partial charge in [0, 0.05) is 48.7 Å². The zero-order valence-corrected chi connectivity index (χ0v) is 19.7. The predicted molar refractivity (Wildman–Crippen MR) is 126 cm³/mol. The number of benzene rings is 2. The summed E-state index contributed by atoms with van der Waals surface area (Å²) in [6.07, 6.45) is 4.04. The summed E-state index contributed by atoms with van der Waals surface area (Å²) in [4.78, 5) is 4.43. The third kappa shape index (κ3) is 3.82. The maximum atomic E-state index is 14.5. The molecule has 3 aromatic rings.